The van der Waals surface area contributed by atoms with Gasteiger partial charge in [0.15, 0.2) is 0 Å². The molecule has 2 aromatic rings. The number of oxime groups is 1. The topological polar surface area (TPSA) is 104 Å². The molecule has 1 amide bonds. The van der Waals surface area contributed by atoms with Crippen LogP contribution in [0.1, 0.15) is 31.2 Å². The smallest absolute Gasteiger partial charge is 0.225 e. The van der Waals surface area contributed by atoms with Crippen molar-refractivity contribution >= 4 is 45.7 Å². The van der Waals surface area contributed by atoms with Crippen LogP contribution in [0.25, 0.3) is 0 Å². The molecule has 4 heterocycles. The molecule has 2 aliphatic rings. The highest BCUT2D eigenvalue weighted by Crippen LogP contribution is 2.31. The maximum Gasteiger partial charge on any atom is 0.225 e. The van der Waals surface area contributed by atoms with Gasteiger partial charge in [0.2, 0.25) is 5.91 Å². The van der Waals surface area contributed by atoms with Crippen LogP contribution in [0, 0.1) is 5.92 Å². The normalized spacial score (nSPS) is 18.0. The second-order valence-corrected chi connectivity index (χ2v) is 9.61. The first-order chi connectivity index (χ1) is 15.5. The highest BCUT2D eigenvalue weighted by Gasteiger charge is 2.31. The van der Waals surface area contributed by atoms with Gasteiger partial charge >= 0.3 is 0 Å². The van der Waals surface area contributed by atoms with Gasteiger partial charge in [0.25, 0.3) is 0 Å². The number of carbonyl (C=O) groups is 1. The van der Waals surface area contributed by atoms with E-state index in [-0.39, 0.29) is 12.0 Å². The number of thiophene rings is 1. The van der Waals surface area contributed by atoms with Crippen LogP contribution in [0.5, 0.6) is 5.75 Å². The summed E-state index contributed by atoms with van der Waals surface area (Å²) >= 11 is 5.15. The molecule has 2 saturated heterocycles. The van der Waals surface area contributed by atoms with E-state index in [2.05, 4.69) is 37.7 Å². The van der Waals surface area contributed by atoms with Crippen molar-refractivity contribution in [3.8, 4) is 5.75 Å². The Labute approximate surface area is 201 Å². The van der Waals surface area contributed by atoms with Gasteiger partial charge in [-0.1, -0.05) is 0 Å². The van der Waals surface area contributed by atoms with E-state index in [9.17, 15) is 4.79 Å². The predicted octanol–water partition coefficient (Wildman–Crippen LogP) is 3.85. The largest absolute Gasteiger partial charge is 0.488 e. The molecule has 0 radical (unpaired) electrons. The molecule has 4 rings (SSSR count). The second-order valence-electron chi connectivity index (χ2n) is 8.01. The van der Waals surface area contributed by atoms with Crippen molar-refractivity contribution in [2.45, 2.75) is 38.3 Å². The van der Waals surface area contributed by atoms with Gasteiger partial charge in [-0.25, -0.2) is 4.98 Å². The number of pyridine rings is 1. The molecule has 10 heteroatoms. The van der Waals surface area contributed by atoms with E-state index in [0.29, 0.717) is 11.7 Å². The number of carbonyl (C=O) groups excluding carboxylic acids is 1. The summed E-state index contributed by atoms with van der Waals surface area (Å²) < 4.78 is 7.10. The van der Waals surface area contributed by atoms with E-state index in [4.69, 9.17) is 15.7 Å². The van der Waals surface area contributed by atoms with Gasteiger partial charge in [-0.15, -0.1) is 16.5 Å². The Hall–Kier alpha value is -2.17. The van der Waals surface area contributed by atoms with Crippen molar-refractivity contribution in [1.29, 1.82) is 0 Å². The minimum absolute atomic E-state index is 0.150. The Morgan fingerprint density at radius 3 is 2.56 bits per heavy atom. The molecule has 3 N–H and O–H groups in total. The van der Waals surface area contributed by atoms with E-state index < -0.39 is 0 Å². The summed E-state index contributed by atoms with van der Waals surface area (Å²) in [6, 6.07) is 3.94. The average Bonchev–Trinajstić information content (AvgIpc) is 3.19. The van der Waals surface area contributed by atoms with Gasteiger partial charge < -0.3 is 20.6 Å². The van der Waals surface area contributed by atoms with Crippen molar-refractivity contribution in [3.63, 3.8) is 0 Å². The van der Waals surface area contributed by atoms with E-state index in [0.717, 1.165) is 68.6 Å². The first kappa shape index (κ1) is 24.5. The lowest BCUT2D eigenvalue weighted by molar-refractivity contribution is -0.139. The van der Waals surface area contributed by atoms with Crippen molar-refractivity contribution in [2.75, 3.05) is 31.9 Å². The number of halogens is 1. The second kappa shape index (κ2) is 12.2. The number of nitrogen functional groups attached to an aromatic ring is 1. The summed E-state index contributed by atoms with van der Waals surface area (Å²) in [6.45, 7) is 7.02. The lowest BCUT2D eigenvalue weighted by atomic mass is 9.94. The quantitative estimate of drug-likeness (QED) is 0.350. The number of hydrogen-bond donors (Lipinski definition) is 2. The molecule has 0 bridgehead atoms. The molecular formula is C22H30BrN5O3S. The number of nitrogens with zero attached hydrogens (tertiary/aromatic N) is 4. The summed E-state index contributed by atoms with van der Waals surface area (Å²) in [5.41, 5.74) is 6.95. The third kappa shape index (κ3) is 6.91. The number of likely N-dealkylation sites (tertiary alicyclic amines) is 2. The molecule has 0 aromatic carbocycles. The van der Waals surface area contributed by atoms with E-state index in [1.54, 1.807) is 17.5 Å². The van der Waals surface area contributed by atoms with Crippen LogP contribution < -0.4 is 10.5 Å². The monoisotopic (exact) mass is 523 g/mol. The number of hydrogen-bond acceptors (Lipinski definition) is 8. The lowest BCUT2D eigenvalue weighted by Crippen LogP contribution is -2.46. The summed E-state index contributed by atoms with van der Waals surface area (Å²) in [5, 5.41) is 13.4. The highest BCUT2D eigenvalue weighted by atomic mass is 79.9. The van der Waals surface area contributed by atoms with Gasteiger partial charge in [0.05, 0.1) is 4.47 Å². The van der Waals surface area contributed by atoms with E-state index >= 15 is 0 Å². The molecule has 32 heavy (non-hydrogen) atoms. The van der Waals surface area contributed by atoms with Gasteiger partial charge in [-0.3, -0.25) is 9.69 Å². The van der Waals surface area contributed by atoms with Crippen molar-refractivity contribution in [3.05, 3.63) is 39.1 Å². The molecule has 174 valence electrons. The Morgan fingerprint density at radius 1 is 1.28 bits per heavy atom. The zero-order valence-corrected chi connectivity index (χ0v) is 20.4. The third-order valence-electron chi connectivity index (χ3n) is 5.82. The molecule has 2 aliphatic heterocycles. The number of nitrogens with two attached hydrogens (primary N) is 1. The molecule has 2 aromatic heterocycles. The highest BCUT2D eigenvalue weighted by molar-refractivity contribution is 9.10. The van der Waals surface area contributed by atoms with Crippen LogP contribution in [0.2, 0.25) is 0 Å². The minimum Gasteiger partial charge on any atom is -0.488 e. The minimum atomic E-state index is 0.150. The SMILES string of the molecule is C=NO.Nc1cc(CN2CCC(C(=O)N3CCC(Oc4cscc4Br)CC3)CC2)ccn1. The third-order valence-corrected chi connectivity index (χ3v) is 7.46. The predicted molar refractivity (Wildman–Crippen MR) is 130 cm³/mol. The molecule has 2 fully saturated rings. The molecule has 0 unspecified atom stereocenters. The fourth-order valence-electron chi connectivity index (χ4n) is 4.17. The van der Waals surface area contributed by atoms with Crippen molar-refractivity contribution < 1.29 is 14.7 Å². The summed E-state index contributed by atoms with van der Waals surface area (Å²) in [7, 11) is 0. The first-order valence-corrected chi connectivity index (χ1v) is 12.4. The molecular weight excluding hydrogens is 494 g/mol. The Bertz CT molecular complexity index is 880. The summed E-state index contributed by atoms with van der Waals surface area (Å²) in [6.07, 6.45) is 5.60. The maximum atomic E-state index is 13.0. The van der Waals surface area contributed by atoms with Crippen LogP contribution in [-0.2, 0) is 11.3 Å². The fourth-order valence-corrected chi connectivity index (χ4v) is 5.47. The zero-order chi connectivity index (χ0) is 22.9. The fraction of sp³-hybridized carbons (Fsp3) is 0.500. The number of anilines is 1. The maximum absolute atomic E-state index is 13.0. The van der Waals surface area contributed by atoms with Crippen LogP contribution in [0.4, 0.5) is 5.82 Å². The first-order valence-electron chi connectivity index (χ1n) is 10.7. The van der Waals surface area contributed by atoms with E-state index in [1.807, 2.05) is 27.8 Å². The Kier molecular flexibility index (Phi) is 9.31. The summed E-state index contributed by atoms with van der Waals surface area (Å²) in [5.74, 6) is 1.96. The van der Waals surface area contributed by atoms with Crippen LogP contribution >= 0.6 is 27.3 Å². The zero-order valence-electron chi connectivity index (χ0n) is 18.0. The number of amides is 1. The molecule has 0 atom stereocenters. The Balaban J connectivity index is 0.000000913. The molecule has 0 spiro atoms. The average molecular weight is 524 g/mol. The number of rotatable bonds is 5. The van der Waals surface area contributed by atoms with Gasteiger partial charge in [-0.2, -0.15) is 0 Å². The summed E-state index contributed by atoms with van der Waals surface area (Å²) in [4.78, 5) is 21.5. The van der Waals surface area contributed by atoms with Crippen molar-refractivity contribution in [1.82, 2.24) is 14.8 Å². The standard InChI is InChI=1S/C21H27BrN4O2S.CH3NO/c22-18-13-29-14-19(18)28-17-4-9-26(10-5-17)21(27)16-2-7-25(8-3-16)12-15-1-6-24-20(23)11-15;1-2-3/h1,6,11,13-14,16-17H,2-5,7-10,12H2,(H2,23,24);3H,1H2. The lowest BCUT2D eigenvalue weighted by Gasteiger charge is -2.37. The van der Waals surface area contributed by atoms with Crippen LogP contribution in [0.15, 0.2) is 38.7 Å². The molecule has 8 nitrogen and oxygen atoms in total. The van der Waals surface area contributed by atoms with Crippen LogP contribution in [0.3, 0.4) is 0 Å². The van der Waals surface area contributed by atoms with Crippen LogP contribution in [-0.4, -0.2) is 64.9 Å². The van der Waals surface area contributed by atoms with Gasteiger partial charge in [0, 0.05) is 62.1 Å². The van der Waals surface area contributed by atoms with Gasteiger partial charge in [0.1, 0.15) is 17.7 Å². The number of ether oxygens (including phenoxy) is 1. The van der Waals surface area contributed by atoms with Crippen molar-refractivity contribution in [2.24, 2.45) is 11.1 Å². The Morgan fingerprint density at radius 2 is 1.97 bits per heavy atom. The van der Waals surface area contributed by atoms with E-state index in [1.165, 1.54) is 5.56 Å². The van der Waals surface area contributed by atoms with Gasteiger partial charge in [-0.05, 0) is 59.6 Å². The molecule has 0 saturated carbocycles. The number of aromatic nitrogens is 1. The molecule has 0 aliphatic carbocycles. The number of piperidine rings is 2.